The van der Waals surface area contributed by atoms with Crippen molar-refractivity contribution in [1.29, 1.82) is 0 Å². The molecule has 0 aliphatic heterocycles. The molecule has 0 aliphatic carbocycles. The lowest BCUT2D eigenvalue weighted by atomic mass is 10.1. The molecule has 1 heterocycles. The molecule has 3 aromatic rings. The number of benzene rings is 2. The van der Waals surface area contributed by atoms with Gasteiger partial charge in [0.15, 0.2) is 0 Å². The van der Waals surface area contributed by atoms with Gasteiger partial charge in [-0.25, -0.2) is 9.07 Å². The second kappa shape index (κ2) is 4.38. The number of rotatable bonds is 2. The zero-order valence-corrected chi connectivity index (χ0v) is 10.4. The molecule has 1 N–H and O–H groups in total. The molecular formula is C15H10FN2O2-. The van der Waals surface area contributed by atoms with Crippen molar-refractivity contribution in [3.63, 3.8) is 0 Å². The molecule has 5 heteroatoms. The first-order valence-electron chi connectivity index (χ1n) is 5.90. The summed E-state index contributed by atoms with van der Waals surface area (Å²) in [5.74, 6) is -1.43. The summed E-state index contributed by atoms with van der Waals surface area (Å²) in [6.45, 7) is 3.65. The predicted molar refractivity (Wildman–Crippen MR) is 72.2 cm³/mol. The van der Waals surface area contributed by atoms with E-state index < -0.39 is 11.6 Å². The van der Waals surface area contributed by atoms with E-state index in [1.165, 1.54) is 16.9 Å². The summed E-state index contributed by atoms with van der Waals surface area (Å²) in [5.41, 5.74) is 1.74. The van der Waals surface area contributed by atoms with Crippen molar-refractivity contribution in [2.45, 2.75) is 0 Å². The quantitative estimate of drug-likeness (QED) is 0.777. The lowest BCUT2D eigenvalue weighted by Crippen LogP contribution is -2.00. The predicted octanol–water partition coefficient (Wildman–Crippen LogP) is 2.59. The number of aromatic hydroxyl groups is 1. The normalized spacial score (nSPS) is 10.8. The average molecular weight is 269 g/mol. The van der Waals surface area contributed by atoms with Gasteiger partial charge in [-0.05, 0) is 29.8 Å². The number of hydrogen-bond acceptors (Lipinski definition) is 3. The van der Waals surface area contributed by atoms with Crippen LogP contribution in [-0.4, -0.2) is 14.9 Å². The molecule has 0 spiro atoms. The van der Waals surface area contributed by atoms with Gasteiger partial charge in [0.1, 0.15) is 11.6 Å². The largest absolute Gasteiger partial charge is 0.870 e. The fraction of sp³-hybridized carbons (Fsp3) is 0. The fourth-order valence-electron chi connectivity index (χ4n) is 2.07. The maximum Gasteiger partial charge on any atom is 0.127 e. The van der Waals surface area contributed by atoms with Crippen molar-refractivity contribution in [3.8, 4) is 17.2 Å². The highest BCUT2D eigenvalue weighted by atomic mass is 19.1. The van der Waals surface area contributed by atoms with Crippen LogP contribution in [0.2, 0.25) is 0 Å². The third-order valence-corrected chi connectivity index (χ3v) is 3.08. The zero-order valence-electron chi connectivity index (χ0n) is 10.4. The summed E-state index contributed by atoms with van der Waals surface area (Å²) in [5, 5.41) is 25.7. The molecule has 0 bridgehead atoms. The van der Waals surface area contributed by atoms with Crippen LogP contribution in [0.4, 0.5) is 4.39 Å². The lowest BCUT2D eigenvalue weighted by Gasteiger charge is -2.10. The number of aromatic nitrogens is 2. The standard InChI is InChI=1S/C15H11FN2O2/c1-2-9-5-13-11(15(20)6-9)8-17-18(13)10-3-4-14(19)12(16)7-10/h2-8,19-20H,1H2/p-1. The number of phenolic OH excluding ortho intramolecular Hbond substituents is 1. The van der Waals surface area contributed by atoms with Gasteiger partial charge in [0.05, 0.1) is 22.8 Å². The summed E-state index contributed by atoms with van der Waals surface area (Å²) in [4.78, 5) is 0. The number of halogens is 1. The Balaban J connectivity index is 2.28. The van der Waals surface area contributed by atoms with Crippen LogP contribution < -0.4 is 5.11 Å². The minimum Gasteiger partial charge on any atom is -0.870 e. The van der Waals surface area contributed by atoms with Crippen LogP contribution in [0.1, 0.15) is 5.56 Å². The number of fused-ring (bicyclic) bond motifs is 1. The van der Waals surface area contributed by atoms with E-state index in [0.717, 1.165) is 17.7 Å². The topological polar surface area (TPSA) is 61.1 Å². The van der Waals surface area contributed by atoms with Gasteiger partial charge in [-0.15, -0.1) is 0 Å². The van der Waals surface area contributed by atoms with Crippen LogP contribution in [0.5, 0.6) is 11.5 Å². The van der Waals surface area contributed by atoms with Crippen LogP contribution in [0.15, 0.2) is 43.1 Å². The van der Waals surface area contributed by atoms with Gasteiger partial charge in [-0.2, -0.15) is 5.10 Å². The molecule has 0 radical (unpaired) electrons. The van der Waals surface area contributed by atoms with E-state index in [9.17, 15) is 14.6 Å². The molecule has 0 unspecified atom stereocenters. The monoisotopic (exact) mass is 269 g/mol. The molecule has 2 aromatic carbocycles. The third-order valence-electron chi connectivity index (χ3n) is 3.08. The van der Waals surface area contributed by atoms with Crippen molar-refractivity contribution in [2.75, 3.05) is 0 Å². The number of phenols is 1. The highest BCUT2D eigenvalue weighted by molar-refractivity contribution is 5.88. The van der Waals surface area contributed by atoms with E-state index in [4.69, 9.17) is 0 Å². The van der Waals surface area contributed by atoms with Crippen LogP contribution in [0.25, 0.3) is 22.7 Å². The highest BCUT2D eigenvalue weighted by Crippen LogP contribution is 2.29. The van der Waals surface area contributed by atoms with Crippen molar-refractivity contribution < 1.29 is 14.6 Å². The minimum atomic E-state index is -0.838. The summed E-state index contributed by atoms with van der Waals surface area (Å²) < 4.78 is 14.8. The molecule has 0 saturated heterocycles. The van der Waals surface area contributed by atoms with Crippen LogP contribution in [0.3, 0.4) is 0 Å². The molecule has 0 amide bonds. The molecule has 1 aromatic heterocycles. The van der Waals surface area contributed by atoms with Gasteiger partial charge in [0.25, 0.3) is 0 Å². The van der Waals surface area contributed by atoms with Gasteiger partial charge in [0.2, 0.25) is 0 Å². The summed E-state index contributed by atoms with van der Waals surface area (Å²) >= 11 is 0. The van der Waals surface area contributed by atoms with E-state index in [1.54, 1.807) is 18.2 Å². The van der Waals surface area contributed by atoms with Gasteiger partial charge in [-0.1, -0.05) is 24.5 Å². The van der Waals surface area contributed by atoms with E-state index >= 15 is 0 Å². The molecule has 4 nitrogen and oxygen atoms in total. The maximum atomic E-state index is 13.4. The lowest BCUT2D eigenvalue weighted by molar-refractivity contribution is -0.272. The Morgan fingerprint density at radius 3 is 2.80 bits per heavy atom. The van der Waals surface area contributed by atoms with Crippen molar-refractivity contribution >= 4 is 17.0 Å². The molecule has 0 atom stereocenters. The van der Waals surface area contributed by atoms with Crippen LogP contribution >= 0.6 is 0 Å². The third kappa shape index (κ3) is 1.80. The molecule has 0 saturated carbocycles. The Hall–Kier alpha value is -2.82. The van der Waals surface area contributed by atoms with E-state index in [-0.39, 0.29) is 5.75 Å². The Morgan fingerprint density at radius 2 is 2.10 bits per heavy atom. The second-order valence-electron chi connectivity index (χ2n) is 4.35. The average Bonchev–Trinajstić information content (AvgIpc) is 2.86. The Bertz CT molecular complexity index is 824. The maximum absolute atomic E-state index is 13.4. The Kier molecular flexibility index (Phi) is 2.68. The summed E-state index contributed by atoms with van der Waals surface area (Å²) in [7, 11) is 0. The first-order chi connectivity index (χ1) is 9.60. The minimum absolute atomic E-state index is 0.0737. The molecule has 3 rings (SSSR count). The molecular weight excluding hydrogens is 259 g/mol. The Morgan fingerprint density at radius 1 is 1.30 bits per heavy atom. The van der Waals surface area contributed by atoms with E-state index in [0.29, 0.717) is 16.6 Å². The smallest absolute Gasteiger partial charge is 0.127 e. The first-order valence-corrected chi connectivity index (χ1v) is 5.90. The van der Waals surface area contributed by atoms with Gasteiger partial charge in [-0.3, -0.25) is 0 Å². The molecule has 0 fully saturated rings. The number of hydrogen-bond donors (Lipinski definition) is 1. The van der Waals surface area contributed by atoms with E-state index in [2.05, 4.69) is 11.7 Å². The van der Waals surface area contributed by atoms with Gasteiger partial charge >= 0.3 is 0 Å². The summed E-state index contributed by atoms with van der Waals surface area (Å²) in [6, 6.07) is 7.10. The fourth-order valence-corrected chi connectivity index (χ4v) is 2.07. The summed E-state index contributed by atoms with van der Waals surface area (Å²) in [6.07, 6.45) is 3.08. The van der Waals surface area contributed by atoms with Crippen LogP contribution in [-0.2, 0) is 0 Å². The first kappa shape index (κ1) is 12.2. The van der Waals surface area contributed by atoms with Gasteiger partial charge < -0.3 is 10.2 Å². The molecule has 100 valence electrons. The Labute approximate surface area is 114 Å². The van der Waals surface area contributed by atoms with Crippen molar-refractivity contribution in [1.82, 2.24) is 9.78 Å². The number of nitrogens with zero attached hydrogens (tertiary/aromatic N) is 2. The van der Waals surface area contributed by atoms with Crippen LogP contribution in [0, 0.1) is 5.82 Å². The van der Waals surface area contributed by atoms with Gasteiger partial charge in [0, 0.05) is 0 Å². The van der Waals surface area contributed by atoms with Crippen molar-refractivity contribution in [3.05, 3.63) is 54.5 Å². The second-order valence-corrected chi connectivity index (χ2v) is 4.35. The highest BCUT2D eigenvalue weighted by Gasteiger charge is 2.10. The van der Waals surface area contributed by atoms with E-state index in [1.807, 2.05) is 0 Å². The zero-order chi connectivity index (χ0) is 14.3. The molecule has 0 aliphatic rings. The van der Waals surface area contributed by atoms with Crippen molar-refractivity contribution in [2.24, 2.45) is 0 Å². The molecule has 20 heavy (non-hydrogen) atoms. The SMILES string of the molecule is C=Cc1cc(O)c2cnn(-c3ccc([O-])c(F)c3)c2c1.